The Morgan fingerprint density at radius 3 is 1.52 bits per heavy atom. The van der Waals surface area contributed by atoms with Crippen LogP contribution in [0, 0.1) is 6.92 Å². The summed E-state index contributed by atoms with van der Waals surface area (Å²) < 4.78 is 0. The predicted molar refractivity (Wildman–Crippen MR) is 96.2 cm³/mol. The van der Waals surface area contributed by atoms with Crippen molar-refractivity contribution in [3.8, 4) is 0 Å². The van der Waals surface area contributed by atoms with Crippen LogP contribution in [0.1, 0.15) is 5.56 Å². The van der Waals surface area contributed by atoms with Crippen LogP contribution in [0.5, 0.6) is 0 Å². The average molecular weight is 310 g/mol. The lowest BCUT2D eigenvalue weighted by Gasteiger charge is -2.38. The molecule has 0 saturated heterocycles. The SMILES string of the molecule is Cc1ccccc1S(P)(c1ccccc1)c1ccccc1. The van der Waals surface area contributed by atoms with Crippen LogP contribution in [0.4, 0.5) is 0 Å². The maximum absolute atomic E-state index is 3.18. The molecule has 0 aliphatic carbocycles. The lowest BCUT2D eigenvalue weighted by Crippen LogP contribution is -1.98. The third kappa shape index (κ3) is 2.64. The first-order valence-electron chi connectivity index (χ1n) is 7.00. The molecule has 21 heavy (non-hydrogen) atoms. The number of rotatable bonds is 3. The number of hydrogen-bond acceptors (Lipinski definition) is 0. The lowest BCUT2D eigenvalue weighted by molar-refractivity contribution is 1.25. The molecule has 0 aromatic heterocycles. The second-order valence-corrected chi connectivity index (χ2v) is 9.87. The topological polar surface area (TPSA) is 0 Å². The van der Waals surface area contributed by atoms with Gasteiger partial charge < -0.3 is 0 Å². The molecule has 0 aliphatic heterocycles. The number of aryl methyl sites for hydroxylation is 1. The molecule has 3 rings (SSSR count). The summed E-state index contributed by atoms with van der Waals surface area (Å²) in [5.74, 6) is 0. The molecule has 2 heteroatoms. The van der Waals surface area contributed by atoms with E-state index >= 15 is 0 Å². The highest BCUT2D eigenvalue weighted by molar-refractivity contribution is 8.68. The Hall–Kier alpha value is -1.56. The fourth-order valence-electron chi connectivity index (χ4n) is 2.58. The van der Waals surface area contributed by atoms with E-state index in [1.165, 1.54) is 20.2 Å². The van der Waals surface area contributed by atoms with Crippen molar-refractivity contribution in [1.29, 1.82) is 0 Å². The lowest BCUT2D eigenvalue weighted by atomic mass is 10.2. The zero-order chi connectivity index (χ0) is 14.7. The molecule has 0 heterocycles. The summed E-state index contributed by atoms with van der Waals surface area (Å²) in [5.41, 5.74) is 1.34. The van der Waals surface area contributed by atoms with Gasteiger partial charge in [0.15, 0.2) is 0 Å². The zero-order valence-electron chi connectivity index (χ0n) is 12.1. The van der Waals surface area contributed by atoms with E-state index in [2.05, 4.69) is 100 Å². The van der Waals surface area contributed by atoms with E-state index in [0.29, 0.717) is 0 Å². The minimum absolute atomic E-state index is 1.29. The van der Waals surface area contributed by atoms with Gasteiger partial charge in [-0.1, -0.05) is 63.0 Å². The first kappa shape index (κ1) is 14.4. The minimum Gasteiger partial charge on any atom is -0.145 e. The van der Waals surface area contributed by atoms with Crippen LogP contribution in [0.15, 0.2) is 99.6 Å². The molecular weight excluding hydrogens is 291 g/mol. The molecule has 3 aromatic carbocycles. The van der Waals surface area contributed by atoms with Crippen molar-refractivity contribution in [1.82, 2.24) is 0 Å². The van der Waals surface area contributed by atoms with Crippen LogP contribution < -0.4 is 0 Å². The first-order chi connectivity index (χ1) is 10.2. The van der Waals surface area contributed by atoms with Gasteiger partial charge in [0.25, 0.3) is 0 Å². The van der Waals surface area contributed by atoms with Crippen molar-refractivity contribution in [2.45, 2.75) is 21.6 Å². The van der Waals surface area contributed by atoms with Gasteiger partial charge in [-0.15, -0.1) is 9.65 Å². The highest BCUT2D eigenvalue weighted by atomic mass is 32.8. The van der Waals surface area contributed by atoms with E-state index in [0.717, 1.165) is 0 Å². The van der Waals surface area contributed by atoms with E-state index < -0.39 is 9.65 Å². The second kappa shape index (κ2) is 6.05. The van der Waals surface area contributed by atoms with Gasteiger partial charge in [0.2, 0.25) is 0 Å². The second-order valence-electron chi connectivity index (χ2n) is 5.05. The Labute approximate surface area is 130 Å². The van der Waals surface area contributed by atoms with Crippen molar-refractivity contribution < 1.29 is 0 Å². The molecule has 0 nitrogen and oxygen atoms in total. The Bertz CT molecular complexity index is 683. The van der Waals surface area contributed by atoms with Gasteiger partial charge in [0, 0.05) is 14.7 Å². The van der Waals surface area contributed by atoms with Gasteiger partial charge in [-0.3, -0.25) is 0 Å². The van der Waals surface area contributed by atoms with Crippen LogP contribution >= 0.6 is 18.1 Å². The summed E-state index contributed by atoms with van der Waals surface area (Å²) in [7, 11) is 1.89. The van der Waals surface area contributed by atoms with Crippen LogP contribution in [0.2, 0.25) is 0 Å². The maximum atomic E-state index is 3.18. The van der Waals surface area contributed by atoms with Gasteiger partial charge >= 0.3 is 0 Å². The van der Waals surface area contributed by atoms with E-state index in [-0.39, 0.29) is 0 Å². The van der Waals surface area contributed by atoms with Gasteiger partial charge in [-0.25, -0.2) is 0 Å². The molecule has 0 radical (unpaired) electrons. The minimum atomic E-state index is -1.29. The van der Waals surface area contributed by atoms with E-state index in [9.17, 15) is 0 Å². The van der Waals surface area contributed by atoms with E-state index in [1.807, 2.05) is 0 Å². The van der Waals surface area contributed by atoms with Crippen molar-refractivity contribution >= 4 is 18.1 Å². The summed E-state index contributed by atoms with van der Waals surface area (Å²) in [6, 6.07) is 30.3. The van der Waals surface area contributed by atoms with E-state index in [4.69, 9.17) is 0 Å². The quantitative estimate of drug-likeness (QED) is 0.515. The summed E-state index contributed by atoms with van der Waals surface area (Å²) in [6.45, 7) is 2.20. The fraction of sp³-hybridized carbons (Fsp3) is 0.0526. The summed E-state index contributed by atoms with van der Waals surface area (Å²) in [5, 5.41) is 0. The molecule has 0 saturated carbocycles. The van der Waals surface area contributed by atoms with Crippen molar-refractivity contribution in [3.63, 3.8) is 0 Å². The summed E-state index contributed by atoms with van der Waals surface area (Å²) >= 11 is 0. The molecule has 0 fully saturated rings. The maximum Gasteiger partial charge on any atom is 0.00425 e. The van der Waals surface area contributed by atoms with Crippen LogP contribution in [0.3, 0.4) is 0 Å². The largest absolute Gasteiger partial charge is 0.145 e. The summed E-state index contributed by atoms with van der Waals surface area (Å²) in [4.78, 5) is 4.15. The fourth-order valence-corrected chi connectivity index (χ4v) is 7.14. The Balaban J connectivity index is 2.29. The molecule has 0 spiro atoms. The zero-order valence-corrected chi connectivity index (χ0v) is 14.0. The first-order valence-corrected chi connectivity index (χ1v) is 10.1. The van der Waals surface area contributed by atoms with Gasteiger partial charge in [-0.2, -0.15) is 0 Å². The van der Waals surface area contributed by atoms with Crippen molar-refractivity contribution in [2.75, 3.05) is 0 Å². The summed E-state index contributed by atoms with van der Waals surface area (Å²) in [6.07, 6.45) is 0. The molecule has 106 valence electrons. The van der Waals surface area contributed by atoms with Crippen LogP contribution in [0.25, 0.3) is 0 Å². The van der Waals surface area contributed by atoms with Crippen molar-refractivity contribution in [3.05, 3.63) is 90.5 Å². The highest BCUT2D eigenvalue weighted by Gasteiger charge is 2.26. The number of benzene rings is 3. The highest BCUT2D eigenvalue weighted by Crippen LogP contribution is 2.74. The molecule has 3 aromatic rings. The molecule has 1 atom stereocenters. The van der Waals surface area contributed by atoms with Gasteiger partial charge in [-0.05, 0) is 42.8 Å². The normalized spacial score (nSPS) is 12.1. The predicted octanol–water partition coefficient (Wildman–Crippen LogP) is 6.07. The Morgan fingerprint density at radius 2 is 1.05 bits per heavy atom. The monoisotopic (exact) mass is 310 g/mol. The molecule has 0 amide bonds. The van der Waals surface area contributed by atoms with Gasteiger partial charge in [0.05, 0.1) is 0 Å². The smallest absolute Gasteiger partial charge is 0.00425 e. The molecule has 0 bridgehead atoms. The molecule has 0 aliphatic rings. The number of hydrogen-bond donors (Lipinski definition) is 0. The Morgan fingerprint density at radius 1 is 0.619 bits per heavy atom. The third-order valence-corrected chi connectivity index (χ3v) is 9.25. The average Bonchev–Trinajstić information content (AvgIpc) is 2.56. The molecular formula is C19H19PS. The molecule has 0 N–H and O–H groups in total. The van der Waals surface area contributed by atoms with E-state index in [1.54, 1.807) is 0 Å². The van der Waals surface area contributed by atoms with Crippen LogP contribution in [-0.4, -0.2) is 0 Å². The van der Waals surface area contributed by atoms with Gasteiger partial charge in [0.1, 0.15) is 0 Å². The Kier molecular flexibility index (Phi) is 4.14. The molecule has 1 unspecified atom stereocenters. The standard InChI is InChI=1S/C19H19PS/c1-16-10-8-9-15-19(16)21(20,17-11-4-2-5-12-17)18-13-6-3-7-14-18/h2-15H,20H2,1H3. The van der Waals surface area contributed by atoms with Crippen molar-refractivity contribution in [2.24, 2.45) is 0 Å². The van der Waals surface area contributed by atoms with Crippen LogP contribution in [-0.2, 0) is 0 Å². The third-order valence-electron chi connectivity index (χ3n) is 3.67.